The number of hydrogen-bond acceptors (Lipinski definition) is 3. The number of nitrogens with zero attached hydrogens (tertiary/aromatic N) is 1. The topological polar surface area (TPSA) is 22.1 Å². The van der Waals surface area contributed by atoms with Crippen LogP contribution in [0.5, 0.6) is 5.75 Å². The van der Waals surface area contributed by atoms with Gasteiger partial charge in [0.25, 0.3) is 0 Å². The van der Waals surface area contributed by atoms with Gasteiger partial charge < -0.3 is 4.74 Å². The summed E-state index contributed by atoms with van der Waals surface area (Å²) in [6.07, 6.45) is 1.03. The molecule has 0 aliphatic carbocycles. The van der Waals surface area contributed by atoms with E-state index in [4.69, 9.17) is 4.74 Å². The molecule has 2 aromatic rings. The first-order chi connectivity index (χ1) is 7.20. The fraction of sp³-hybridized carbons (Fsp3) is 0.417. The summed E-state index contributed by atoms with van der Waals surface area (Å²) in [5.41, 5.74) is 2.24. The third-order valence-electron chi connectivity index (χ3n) is 2.17. The van der Waals surface area contributed by atoms with Crippen LogP contribution in [0.2, 0.25) is 0 Å². The van der Waals surface area contributed by atoms with Gasteiger partial charge >= 0.3 is 0 Å². The fourth-order valence-corrected chi connectivity index (χ4v) is 2.51. The molecule has 0 fully saturated rings. The number of rotatable bonds is 3. The van der Waals surface area contributed by atoms with Gasteiger partial charge in [-0.15, -0.1) is 11.3 Å². The van der Waals surface area contributed by atoms with Crippen molar-refractivity contribution >= 4 is 21.6 Å². The Bertz CT molecular complexity index is 476. The highest BCUT2D eigenvalue weighted by molar-refractivity contribution is 7.18. The van der Waals surface area contributed by atoms with Crippen LogP contribution in [0, 0.1) is 13.8 Å². The van der Waals surface area contributed by atoms with E-state index < -0.39 is 0 Å². The lowest BCUT2D eigenvalue weighted by atomic mass is 10.2. The van der Waals surface area contributed by atoms with Crippen LogP contribution in [0.3, 0.4) is 0 Å². The number of thiazole rings is 1. The van der Waals surface area contributed by atoms with E-state index in [1.807, 2.05) is 6.92 Å². The zero-order valence-electron chi connectivity index (χ0n) is 9.33. The lowest BCUT2D eigenvalue weighted by Gasteiger charge is -2.05. The van der Waals surface area contributed by atoms with Gasteiger partial charge in [0, 0.05) is 0 Å². The average molecular weight is 221 g/mol. The number of aryl methyl sites for hydroxylation is 2. The van der Waals surface area contributed by atoms with Crippen LogP contribution in [0.4, 0.5) is 0 Å². The summed E-state index contributed by atoms with van der Waals surface area (Å²) in [6, 6.07) is 4.23. The molecule has 3 heteroatoms. The molecule has 0 unspecified atom stereocenters. The Morgan fingerprint density at radius 1 is 1.33 bits per heavy atom. The second-order valence-electron chi connectivity index (χ2n) is 3.69. The third-order valence-corrected chi connectivity index (χ3v) is 3.09. The molecule has 0 aliphatic rings. The number of aromatic nitrogens is 1. The van der Waals surface area contributed by atoms with Gasteiger partial charge in [-0.25, -0.2) is 4.98 Å². The maximum Gasteiger partial charge on any atom is 0.146 e. The third kappa shape index (κ3) is 2.12. The van der Waals surface area contributed by atoms with Crippen molar-refractivity contribution in [1.29, 1.82) is 0 Å². The Labute approximate surface area is 93.9 Å². The van der Waals surface area contributed by atoms with Crippen LogP contribution in [-0.4, -0.2) is 11.6 Å². The Kier molecular flexibility index (Phi) is 2.91. The van der Waals surface area contributed by atoms with E-state index in [1.165, 1.54) is 10.3 Å². The second kappa shape index (κ2) is 4.19. The highest BCUT2D eigenvalue weighted by Gasteiger charge is 2.08. The summed E-state index contributed by atoms with van der Waals surface area (Å²) >= 11 is 1.72. The highest BCUT2D eigenvalue weighted by atomic mass is 32.1. The Balaban J connectivity index is 2.50. The van der Waals surface area contributed by atoms with Crippen molar-refractivity contribution in [2.45, 2.75) is 27.2 Å². The summed E-state index contributed by atoms with van der Waals surface area (Å²) in [5, 5.41) is 1.09. The molecule has 1 aromatic carbocycles. The van der Waals surface area contributed by atoms with Crippen molar-refractivity contribution in [2.75, 3.05) is 6.61 Å². The van der Waals surface area contributed by atoms with Gasteiger partial charge in [-0.2, -0.15) is 0 Å². The van der Waals surface area contributed by atoms with E-state index in [2.05, 4.69) is 31.0 Å². The minimum absolute atomic E-state index is 0.759. The maximum atomic E-state index is 5.71. The Hall–Kier alpha value is -1.09. The first kappa shape index (κ1) is 10.4. The summed E-state index contributed by atoms with van der Waals surface area (Å²) < 4.78 is 6.93. The molecule has 2 rings (SSSR count). The lowest BCUT2D eigenvalue weighted by molar-refractivity contribution is 0.320. The predicted octanol–water partition coefficient (Wildman–Crippen LogP) is 3.70. The van der Waals surface area contributed by atoms with Gasteiger partial charge in [0.15, 0.2) is 0 Å². The fourth-order valence-electron chi connectivity index (χ4n) is 1.56. The summed E-state index contributed by atoms with van der Waals surface area (Å²) in [4.78, 5) is 4.50. The largest absolute Gasteiger partial charge is 0.491 e. The second-order valence-corrected chi connectivity index (χ2v) is 4.93. The van der Waals surface area contributed by atoms with Crippen LogP contribution in [-0.2, 0) is 0 Å². The van der Waals surface area contributed by atoms with E-state index in [-0.39, 0.29) is 0 Å². The normalized spacial score (nSPS) is 10.9. The van der Waals surface area contributed by atoms with Crippen molar-refractivity contribution in [2.24, 2.45) is 0 Å². The molecule has 0 saturated carbocycles. The number of benzene rings is 1. The monoisotopic (exact) mass is 221 g/mol. The number of fused-ring (bicyclic) bond motifs is 1. The molecule has 1 heterocycles. The van der Waals surface area contributed by atoms with Crippen molar-refractivity contribution in [3.8, 4) is 5.75 Å². The molecular formula is C12H15NOS. The summed E-state index contributed by atoms with van der Waals surface area (Å²) in [5.74, 6) is 0.927. The van der Waals surface area contributed by atoms with Gasteiger partial charge in [-0.1, -0.05) is 6.92 Å². The molecular weight excluding hydrogens is 206 g/mol. The van der Waals surface area contributed by atoms with E-state index in [0.717, 1.165) is 29.3 Å². The van der Waals surface area contributed by atoms with Crippen LogP contribution >= 0.6 is 11.3 Å². The number of hydrogen-bond donors (Lipinski definition) is 0. The molecule has 0 amide bonds. The smallest absolute Gasteiger partial charge is 0.146 e. The van der Waals surface area contributed by atoms with Crippen LogP contribution < -0.4 is 4.74 Å². The molecule has 0 spiro atoms. The van der Waals surface area contributed by atoms with Crippen LogP contribution in [0.1, 0.15) is 23.9 Å². The first-order valence-electron chi connectivity index (χ1n) is 5.21. The highest BCUT2D eigenvalue weighted by Crippen LogP contribution is 2.31. The molecule has 0 N–H and O–H groups in total. The van der Waals surface area contributed by atoms with Crippen molar-refractivity contribution in [3.63, 3.8) is 0 Å². The van der Waals surface area contributed by atoms with E-state index in [9.17, 15) is 0 Å². The quantitative estimate of drug-likeness (QED) is 0.788. The zero-order chi connectivity index (χ0) is 10.8. The van der Waals surface area contributed by atoms with Gasteiger partial charge in [-0.3, -0.25) is 0 Å². The molecule has 0 aliphatic heterocycles. The standard InChI is InChI=1S/C12H15NOS/c1-4-5-14-10-6-8(2)7-11-12(10)13-9(3)15-11/h6-7H,4-5H2,1-3H3. The maximum absolute atomic E-state index is 5.71. The average Bonchev–Trinajstić information content (AvgIpc) is 2.54. The van der Waals surface area contributed by atoms with Crippen molar-refractivity contribution < 1.29 is 4.74 Å². The zero-order valence-corrected chi connectivity index (χ0v) is 10.1. The molecule has 80 valence electrons. The lowest BCUT2D eigenvalue weighted by Crippen LogP contribution is -1.96. The van der Waals surface area contributed by atoms with Crippen molar-refractivity contribution in [1.82, 2.24) is 4.98 Å². The molecule has 15 heavy (non-hydrogen) atoms. The van der Waals surface area contributed by atoms with Gasteiger partial charge in [-0.05, 0) is 38.0 Å². The predicted molar refractivity (Wildman–Crippen MR) is 64.9 cm³/mol. The molecule has 2 nitrogen and oxygen atoms in total. The van der Waals surface area contributed by atoms with Crippen LogP contribution in [0.15, 0.2) is 12.1 Å². The molecule has 0 radical (unpaired) electrons. The number of ether oxygens (including phenoxy) is 1. The van der Waals surface area contributed by atoms with E-state index in [1.54, 1.807) is 11.3 Å². The van der Waals surface area contributed by atoms with E-state index >= 15 is 0 Å². The molecule has 0 saturated heterocycles. The molecule has 0 bridgehead atoms. The van der Waals surface area contributed by atoms with Gasteiger partial charge in [0.2, 0.25) is 0 Å². The Morgan fingerprint density at radius 2 is 2.13 bits per heavy atom. The Morgan fingerprint density at radius 3 is 2.87 bits per heavy atom. The van der Waals surface area contributed by atoms with Crippen molar-refractivity contribution in [3.05, 3.63) is 22.7 Å². The van der Waals surface area contributed by atoms with Crippen LogP contribution in [0.25, 0.3) is 10.2 Å². The minimum atomic E-state index is 0.759. The first-order valence-corrected chi connectivity index (χ1v) is 6.03. The molecule has 1 aromatic heterocycles. The summed E-state index contributed by atoms with van der Waals surface area (Å²) in [7, 11) is 0. The van der Waals surface area contributed by atoms with Gasteiger partial charge in [0.05, 0.1) is 16.3 Å². The minimum Gasteiger partial charge on any atom is -0.491 e. The van der Waals surface area contributed by atoms with E-state index in [0.29, 0.717) is 0 Å². The molecule has 0 atom stereocenters. The summed E-state index contributed by atoms with van der Waals surface area (Å²) in [6.45, 7) is 6.99. The van der Waals surface area contributed by atoms with Gasteiger partial charge in [0.1, 0.15) is 11.3 Å². The SMILES string of the molecule is CCCOc1cc(C)cc2sc(C)nc12.